The summed E-state index contributed by atoms with van der Waals surface area (Å²) in [7, 11) is 4.22. The molecule has 0 amide bonds. The summed E-state index contributed by atoms with van der Waals surface area (Å²) in [4.78, 5) is 2.21. The topological polar surface area (TPSA) is 32.7 Å². The lowest BCUT2D eigenvalue weighted by atomic mass is 9.87. The van der Waals surface area contributed by atoms with Crippen LogP contribution in [0.15, 0.2) is 24.3 Å². The number of aromatic hydroxyl groups is 1. The van der Waals surface area contributed by atoms with E-state index in [0.717, 1.165) is 38.8 Å². The van der Waals surface area contributed by atoms with Gasteiger partial charge in [0.2, 0.25) is 0 Å². The van der Waals surface area contributed by atoms with Gasteiger partial charge in [0.1, 0.15) is 5.75 Å². The van der Waals surface area contributed by atoms with Gasteiger partial charge in [-0.3, -0.25) is 0 Å². The van der Waals surface area contributed by atoms with Crippen molar-refractivity contribution in [2.45, 2.75) is 57.0 Å². The second-order valence-electron chi connectivity index (χ2n) is 6.95. The summed E-state index contributed by atoms with van der Waals surface area (Å²) in [5, 5.41) is 9.46. The summed E-state index contributed by atoms with van der Waals surface area (Å²) in [5.41, 5.74) is 1.27. The number of benzene rings is 1. The number of hydrogen-bond donors (Lipinski definition) is 1. The third kappa shape index (κ3) is 5.62. The van der Waals surface area contributed by atoms with Gasteiger partial charge in [0.15, 0.2) is 0 Å². The molecule has 0 aliphatic heterocycles. The van der Waals surface area contributed by atoms with Gasteiger partial charge in [0, 0.05) is 13.0 Å². The molecule has 0 unspecified atom stereocenters. The number of hydrogen-bond acceptors (Lipinski definition) is 3. The summed E-state index contributed by atoms with van der Waals surface area (Å²) >= 11 is 0. The van der Waals surface area contributed by atoms with Crippen molar-refractivity contribution in [3.05, 3.63) is 29.8 Å². The molecule has 2 rings (SSSR count). The van der Waals surface area contributed by atoms with Gasteiger partial charge in [-0.1, -0.05) is 37.8 Å². The summed E-state index contributed by atoms with van der Waals surface area (Å²) in [6.45, 7) is 1.92. The van der Waals surface area contributed by atoms with Crippen LogP contribution in [0.2, 0.25) is 0 Å². The van der Waals surface area contributed by atoms with Crippen molar-refractivity contribution in [1.82, 2.24) is 4.90 Å². The Labute approximate surface area is 135 Å². The van der Waals surface area contributed by atoms with Crippen LogP contribution in [-0.4, -0.2) is 42.9 Å². The van der Waals surface area contributed by atoms with Crippen LogP contribution >= 0.6 is 0 Å². The van der Waals surface area contributed by atoms with Crippen LogP contribution in [-0.2, 0) is 11.2 Å². The first kappa shape index (κ1) is 17.3. The van der Waals surface area contributed by atoms with Gasteiger partial charge in [-0.2, -0.15) is 0 Å². The lowest BCUT2D eigenvalue weighted by Crippen LogP contribution is -2.35. The van der Waals surface area contributed by atoms with Crippen LogP contribution in [0.4, 0.5) is 0 Å². The SMILES string of the molecule is CN(C)CCCOC1(Cc2ccc(O)cc2)CCCCCC1. The number of ether oxygens (including phenoxy) is 1. The minimum Gasteiger partial charge on any atom is -0.508 e. The molecule has 0 spiro atoms. The molecule has 0 atom stereocenters. The molecule has 22 heavy (non-hydrogen) atoms. The third-order valence-corrected chi connectivity index (χ3v) is 4.64. The Kier molecular flexibility index (Phi) is 6.71. The highest BCUT2D eigenvalue weighted by Gasteiger charge is 2.32. The van der Waals surface area contributed by atoms with E-state index in [1.54, 1.807) is 12.1 Å². The number of nitrogens with zero attached hydrogens (tertiary/aromatic N) is 1. The average Bonchev–Trinajstić information content (AvgIpc) is 2.72. The van der Waals surface area contributed by atoms with Crippen LogP contribution in [0, 0.1) is 0 Å². The maximum Gasteiger partial charge on any atom is 0.115 e. The Balaban J connectivity index is 1.98. The van der Waals surface area contributed by atoms with E-state index >= 15 is 0 Å². The molecule has 3 nitrogen and oxygen atoms in total. The van der Waals surface area contributed by atoms with E-state index in [-0.39, 0.29) is 5.60 Å². The van der Waals surface area contributed by atoms with Crippen molar-refractivity contribution in [1.29, 1.82) is 0 Å². The second kappa shape index (κ2) is 8.54. The van der Waals surface area contributed by atoms with Gasteiger partial charge in [0.25, 0.3) is 0 Å². The number of phenols is 1. The first-order chi connectivity index (χ1) is 10.6. The molecule has 1 saturated carbocycles. The first-order valence-electron chi connectivity index (χ1n) is 8.66. The number of phenolic OH excluding ortho intramolecular Hbond substituents is 1. The van der Waals surface area contributed by atoms with Crippen molar-refractivity contribution in [2.75, 3.05) is 27.2 Å². The molecule has 1 fully saturated rings. The highest BCUT2D eigenvalue weighted by atomic mass is 16.5. The fraction of sp³-hybridized carbons (Fsp3) is 0.684. The van der Waals surface area contributed by atoms with E-state index in [0.29, 0.717) is 5.75 Å². The molecule has 124 valence electrons. The zero-order valence-electron chi connectivity index (χ0n) is 14.2. The van der Waals surface area contributed by atoms with Gasteiger partial charge >= 0.3 is 0 Å². The van der Waals surface area contributed by atoms with Crippen LogP contribution < -0.4 is 0 Å². The van der Waals surface area contributed by atoms with Crippen molar-refractivity contribution >= 4 is 0 Å². The van der Waals surface area contributed by atoms with E-state index in [9.17, 15) is 5.11 Å². The zero-order chi connectivity index (χ0) is 15.8. The van der Waals surface area contributed by atoms with Gasteiger partial charge in [-0.05, 0) is 57.6 Å². The Morgan fingerprint density at radius 2 is 1.68 bits per heavy atom. The fourth-order valence-corrected chi connectivity index (χ4v) is 3.40. The Bertz CT molecular complexity index is 420. The second-order valence-corrected chi connectivity index (χ2v) is 6.95. The predicted molar refractivity (Wildman–Crippen MR) is 91.4 cm³/mol. The summed E-state index contributed by atoms with van der Waals surface area (Å²) in [6.07, 6.45) is 9.58. The largest absolute Gasteiger partial charge is 0.508 e. The zero-order valence-corrected chi connectivity index (χ0v) is 14.2. The van der Waals surface area contributed by atoms with E-state index in [4.69, 9.17) is 4.74 Å². The van der Waals surface area contributed by atoms with Gasteiger partial charge in [0.05, 0.1) is 5.60 Å². The van der Waals surface area contributed by atoms with Crippen LogP contribution in [0.1, 0.15) is 50.5 Å². The van der Waals surface area contributed by atoms with Crippen molar-refractivity contribution < 1.29 is 9.84 Å². The maximum atomic E-state index is 9.46. The molecule has 0 saturated heterocycles. The van der Waals surface area contributed by atoms with Crippen molar-refractivity contribution in [3.63, 3.8) is 0 Å². The lowest BCUT2D eigenvalue weighted by molar-refractivity contribution is -0.0580. The molecule has 1 aliphatic rings. The highest BCUT2D eigenvalue weighted by Crippen LogP contribution is 2.34. The van der Waals surface area contributed by atoms with Gasteiger partial charge < -0.3 is 14.7 Å². The average molecular weight is 305 g/mol. The fourth-order valence-electron chi connectivity index (χ4n) is 3.40. The normalized spacial score (nSPS) is 18.3. The molecular weight excluding hydrogens is 274 g/mol. The molecule has 0 bridgehead atoms. The van der Waals surface area contributed by atoms with E-state index in [1.165, 1.54) is 31.2 Å². The molecule has 1 aliphatic carbocycles. The van der Waals surface area contributed by atoms with Crippen molar-refractivity contribution in [3.8, 4) is 5.75 Å². The van der Waals surface area contributed by atoms with E-state index in [1.807, 2.05) is 12.1 Å². The Morgan fingerprint density at radius 1 is 1.05 bits per heavy atom. The highest BCUT2D eigenvalue weighted by molar-refractivity contribution is 5.27. The predicted octanol–water partition coefficient (Wildman–Crippen LogP) is 4.00. The molecule has 1 aromatic carbocycles. The lowest BCUT2D eigenvalue weighted by Gasteiger charge is -2.33. The minimum absolute atomic E-state index is 0.000213. The van der Waals surface area contributed by atoms with Crippen LogP contribution in [0.3, 0.4) is 0 Å². The minimum atomic E-state index is -0.000213. The number of rotatable bonds is 7. The van der Waals surface area contributed by atoms with Gasteiger partial charge in [-0.15, -0.1) is 0 Å². The Hall–Kier alpha value is -1.06. The first-order valence-corrected chi connectivity index (χ1v) is 8.66. The summed E-state index contributed by atoms with van der Waals surface area (Å²) in [5.74, 6) is 0.338. The van der Waals surface area contributed by atoms with Crippen LogP contribution in [0.25, 0.3) is 0 Å². The maximum absolute atomic E-state index is 9.46. The van der Waals surface area contributed by atoms with E-state index in [2.05, 4.69) is 19.0 Å². The Morgan fingerprint density at radius 3 is 2.27 bits per heavy atom. The molecule has 1 N–H and O–H groups in total. The van der Waals surface area contributed by atoms with Gasteiger partial charge in [-0.25, -0.2) is 0 Å². The molecular formula is C19H31NO2. The van der Waals surface area contributed by atoms with Crippen LogP contribution in [0.5, 0.6) is 5.75 Å². The molecule has 0 heterocycles. The quantitative estimate of drug-likeness (QED) is 0.610. The van der Waals surface area contributed by atoms with E-state index < -0.39 is 0 Å². The standard InChI is InChI=1S/C19H31NO2/c1-20(2)14-7-15-22-19(12-5-3-4-6-13-19)16-17-8-10-18(21)11-9-17/h8-11,21H,3-7,12-16H2,1-2H3. The molecule has 0 aromatic heterocycles. The smallest absolute Gasteiger partial charge is 0.115 e. The van der Waals surface area contributed by atoms with Crippen molar-refractivity contribution in [2.24, 2.45) is 0 Å². The molecule has 0 radical (unpaired) electrons. The third-order valence-electron chi connectivity index (χ3n) is 4.64. The molecule has 3 heteroatoms. The molecule has 1 aromatic rings. The monoisotopic (exact) mass is 305 g/mol. The summed E-state index contributed by atoms with van der Waals surface area (Å²) in [6, 6.07) is 7.63. The summed E-state index contributed by atoms with van der Waals surface area (Å²) < 4.78 is 6.45.